The van der Waals surface area contributed by atoms with Gasteiger partial charge < -0.3 is 14.8 Å². The number of hydrogen-bond donors (Lipinski definition) is 1. The van der Waals surface area contributed by atoms with Crippen LogP contribution in [0.25, 0.3) is 0 Å². The third-order valence-electron chi connectivity index (χ3n) is 3.74. The number of rotatable bonds is 9. The van der Waals surface area contributed by atoms with E-state index in [0.29, 0.717) is 12.5 Å². The van der Waals surface area contributed by atoms with Crippen molar-refractivity contribution in [1.82, 2.24) is 5.32 Å². The Kier molecular flexibility index (Phi) is 5.72. The monoisotopic (exact) mass is 277 g/mol. The van der Waals surface area contributed by atoms with Crippen LogP contribution in [-0.2, 0) is 0 Å². The van der Waals surface area contributed by atoms with Gasteiger partial charge in [0.2, 0.25) is 0 Å². The van der Waals surface area contributed by atoms with Gasteiger partial charge in [-0.05, 0) is 62.4 Å². The van der Waals surface area contributed by atoms with Crippen molar-refractivity contribution in [2.75, 3.05) is 26.3 Å². The maximum atomic E-state index is 5.75. The molecule has 112 valence electrons. The molecule has 0 radical (unpaired) electrons. The van der Waals surface area contributed by atoms with Crippen molar-refractivity contribution in [3.05, 3.63) is 23.8 Å². The molecular weight excluding hydrogens is 250 g/mol. The number of ether oxygens (including phenoxy) is 2. The summed E-state index contributed by atoms with van der Waals surface area (Å²) in [5, 5.41) is 3.43. The van der Waals surface area contributed by atoms with Gasteiger partial charge in [-0.2, -0.15) is 0 Å². The standard InChI is InChI=1S/C17H27NO2/c1-4-9-20-16-8-7-13(11-17(16)19-6-3)15-10-14(15)12-18-5-2/h7-8,11,14-15,18H,4-6,9-10,12H2,1-3H3. The Labute approximate surface area is 122 Å². The Balaban J connectivity index is 2.02. The zero-order valence-electron chi connectivity index (χ0n) is 12.9. The summed E-state index contributed by atoms with van der Waals surface area (Å²) < 4.78 is 11.5. The molecule has 0 amide bonds. The fourth-order valence-electron chi connectivity index (χ4n) is 2.57. The van der Waals surface area contributed by atoms with Crippen LogP contribution < -0.4 is 14.8 Å². The molecule has 0 bridgehead atoms. The molecule has 3 nitrogen and oxygen atoms in total. The fraction of sp³-hybridized carbons (Fsp3) is 0.647. The summed E-state index contributed by atoms with van der Waals surface area (Å²) in [7, 11) is 0. The van der Waals surface area contributed by atoms with Gasteiger partial charge >= 0.3 is 0 Å². The summed E-state index contributed by atoms with van der Waals surface area (Å²) in [5.41, 5.74) is 1.39. The number of nitrogens with one attached hydrogen (secondary N) is 1. The Morgan fingerprint density at radius 2 is 2.00 bits per heavy atom. The molecule has 1 aromatic carbocycles. The van der Waals surface area contributed by atoms with Crippen LogP contribution in [0.2, 0.25) is 0 Å². The van der Waals surface area contributed by atoms with E-state index in [9.17, 15) is 0 Å². The van der Waals surface area contributed by atoms with E-state index in [1.807, 2.05) is 6.92 Å². The molecule has 2 atom stereocenters. The lowest BCUT2D eigenvalue weighted by Crippen LogP contribution is -2.16. The summed E-state index contributed by atoms with van der Waals surface area (Å²) in [6.07, 6.45) is 2.30. The van der Waals surface area contributed by atoms with E-state index < -0.39 is 0 Å². The molecule has 0 aromatic heterocycles. The summed E-state index contributed by atoms with van der Waals surface area (Å²) in [6.45, 7) is 9.88. The largest absolute Gasteiger partial charge is 0.490 e. The van der Waals surface area contributed by atoms with Crippen LogP contribution in [0.4, 0.5) is 0 Å². The molecule has 0 saturated heterocycles. The van der Waals surface area contributed by atoms with Crippen molar-refractivity contribution < 1.29 is 9.47 Å². The Bertz CT molecular complexity index is 419. The number of benzene rings is 1. The van der Waals surface area contributed by atoms with Gasteiger partial charge in [-0.15, -0.1) is 0 Å². The first kappa shape index (κ1) is 15.2. The van der Waals surface area contributed by atoms with Gasteiger partial charge in [-0.3, -0.25) is 0 Å². The SMILES string of the molecule is CCCOc1ccc(C2CC2CNCC)cc1OCC. The lowest BCUT2D eigenvalue weighted by Gasteiger charge is -2.13. The highest BCUT2D eigenvalue weighted by Crippen LogP contribution is 2.48. The molecule has 1 aromatic rings. The molecule has 1 aliphatic rings. The average Bonchev–Trinajstić information content (AvgIpc) is 3.23. The molecule has 3 heteroatoms. The molecule has 1 N–H and O–H groups in total. The summed E-state index contributed by atoms with van der Waals surface area (Å²) in [5.74, 6) is 3.24. The van der Waals surface area contributed by atoms with Crippen LogP contribution in [0, 0.1) is 5.92 Å². The highest BCUT2D eigenvalue weighted by Gasteiger charge is 2.37. The fourth-order valence-corrected chi connectivity index (χ4v) is 2.57. The lowest BCUT2D eigenvalue weighted by molar-refractivity contribution is 0.276. The van der Waals surface area contributed by atoms with Crippen molar-refractivity contribution in [2.45, 2.75) is 39.5 Å². The predicted molar refractivity (Wildman–Crippen MR) is 82.8 cm³/mol. The maximum absolute atomic E-state index is 5.75. The molecule has 1 saturated carbocycles. The smallest absolute Gasteiger partial charge is 0.161 e. The minimum absolute atomic E-state index is 0.678. The highest BCUT2D eigenvalue weighted by atomic mass is 16.5. The normalized spacial score (nSPS) is 20.8. The molecule has 2 rings (SSSR count). The van der Waals surface area contributed by atoms with Gasteiger partial charge in [-0.25, -0.2) is 0 Å². The van der Waals surface area contributed by atoms with Gasteiger partial charge in [0.05, 0.1) is 13.2 Å². The Hall–Kier alpha value is -1.22. The predicted octanol–water partition coefficient (Wildman–Crippen LogP) is 3.59. The molecule has 20 heavy (non-hydrogen) atoms. The molecule has 0 heterocycles. The summed E-state index contributed by atoms with van der Waals surface area (Å²) >= 11 is 0. The second-order valence-corrected chi connectivity index (χ2v) is 5.40. The zero-order valence-corrected chi connectivity index (χ0v) is 12.9. The second-order valence-electron chi connectivity index (χ2n) is 5.40. The van der Waals surface area contributed by atoms with Crippen LogP contribution in [0.5, 0.6) is 11.5 Å². The summed E-state index contributed by atoms with van der Waals surface area (Å²) in [6, 6.07) is 6.44. The molecule has 2 unspecified atom stereocenters. The lowest BCUT2D eigenvalue weighted by atomic mass is 10.1. The van der Waals surface area contributed by atoms with Crippen LogP contribution in [0.15, 0.2) is 18.2 Å². The molecule has 0 aliphatic heterocycles. The van der Waals surface area contributed by atoms with Crippen LogP contribution >= 0.6 is 0 Å². The zero-order chi connectivity index (χ0) is 14.4. The minimum atomic E-state index is 0.678. The van der Waals surface area contributed by atoms with E-state index >= 15 is 0 Å². The molecule has 1 aliphatic carbocycles. The van der Waals surface area contributed by atoms with Crippen molar-refractivity contribution in [3.8, 4) is 11.5 Å². The van der Waals surface area contributed by atoms with Crippen molar-refractivity contribution in [3.63, 3.8) is 0 Å². The molecule has 0 spiro atoms. The number of hydrogen-bond acceptors (Lipinski definition) is 3. The van der Waals surface area contributed by atoms with Crippen molar-refractivity contribution in [2.24, 2.45) is 5.92 Å². The van der Waals surface area contributed by atoms with Crippen LogP contribution in [-0.4, -0.2) is 26.3 Å². The second kappa shape index (κ2) is 7.53. The first-order chi connectivity index (χ1) is 9.80. The van der Waals surface area contributed by atoms with Gasteiger partial charge in [0.1, 0.15) is 0 Å². The Morgan fingerprint density at radius 3 is 2.70 bits per heavy atom. The van der Waals surface area contributed by atoms with E-state index in [4.69, 9.17) is 9.47 Å². The highest BCUT2D eigenvalue weighted by molar-refractivity contribution is 5.45. The average molecular weight is 277 g/mol. The van der Waals surface area contributed by atoms with E-state index in [0.717, 1.165) is 43.5 Å². The van der Waals surface area contributed by atoms with Crippen molar-refractivity contribution in [1.29, 1.82) is 0 Å². The quantitative estimate of drug-likeness (QED) is 0.748. The molecule has 1 fully saturated rings. The summed E-state index contributed by atoms with van der Waals surface area (Å²) in [4.78, 5) is 0. The Morgan fingerprint density at radius 1 is 1.15 bits per heavy atom. The van der Waals surface area contributed by atoms with Gasteiger partial charge in [-0.1, -0.05) is 19.9 Å². The van der Waals surface area contributed by atoms with E-state index in [1.165, 1.54) is 12.0 Å². The van der Waals surface area contributed by atoms with Crippen LogP contribution in [0.3, 0.4) is 0 Å². The maximum Gasteiger partial charge on any atom is 0.161 e. The molecular formula is C17H27NO2. The first-order valence-electron chi connectivity index (χ1n) is 7.90. The van der Waals surface area contributed by atoms with Gasteiger partial charge in [0.25, 0.3) is 0 Å². The van der Waals surface area contributed by atoms with Gasteiger partial charge in [0, 0.05) is 0 Å². The third-order valence-corrected chi connectivity index (χ3v) is 3.74. The van der Waals surface area contributed by atoms with Gasteiger partial charge in [0.15, 0.2) is 11.5 Å². The third kappa shape index (κ3) is 3.89. The minimum Gasteiger partial charge on any atom is -0.490 e. The topological polar surface area (TPSA) is 30.5 Å². The first-order valence-corrected chi connectivity index (χ1v) is 7.90. The van der Waals surface area contributed by atoms with E-state index in [-0.39, 0.29) is 0 Å². The van der Waals surface area contributed by atoms with Crippen LogP contribution in [0.1, 0.15) is 45.1 Å². The van der Waals surface area contributed by atoms with E-state index in [2.05, 4.69) is 37.4 Å². The van der Waals surface area contributed by atoms with Crippen molar-refractivity contribution >= 4 is 0 Å². The van der Waals surface area contributed by atoms with E-state index in [1.54, 1.807) is 0 Å².